The zero-order chi connectivity index (χ0) is 20.1. The number of hydrogen-bond acceptors (Lipinski definition) is 4. The van der Waals surface area contributed by atoms with E-state index in [9.17, 15) is 13.6 Å². The van der Waals surface area contributed by atoms with E-state index in [1.54, 1.807) is 0 Å². The predicted molar refractivity (Wildman–Crippen MR) is 109 cm³/mol. The lowest BCUT2D eigenvalue weighted by molar-refractivity contribution is 0.285. The van der Waals surface area contributed by atoms with Gasteiger partial charge in [-0.1, -0.05) is 13.8 Å². The molecule has 0 saturated heterocycles. The predicted octanol–water partition coefficient (Wildman–Crippen LogP) is 4.03. The average molecular weight is 408 g/mol. The molecule has 0 fully saturated rings. The number of benzene rings is 1. The zero-order valence-electron chi connectivity index (χ0n) is 16.5. The summed E-state index contributed by atoms with van der Waals surface area (Å²) in [5, 5.41) is 0.669. The zero-order valence-corrected chi connectivity index (χ0v) is 17.3. The van der Waals surface area contributed by atoms with Crippen molar-refractivity contribution in [2.75, 3.05) is 19.6 Å². The summed E-state index contributed by atoms with van der Waals surface area (Å²) in [4.78, 5) is 19.3. The number of hydrogen-bond donors (Lipinski definition) is 0. The Labute approximate surface area is 169 Å². The third-order valence-electron chi connectivity index (χ3n) is 5.36. The SMILES string of the molecule is CCN(CC)CCn1c2c(c(SCc3cc(F)ccc3F)nc1=O)CCCC2. The maximum Gasteiger partial charge on any atom is 0.348 e. The van der Waals surface area contributed by atoms with E-state index in [4.69, 9.17) is 0 Å². The van der Waals surface area contributed by atoms with E-state index in [0.29, 0.717) is 17.1 Å². The smallest absolute Gasteiger partial charge is 0.302 e. The number of thioether (sulfide) groups is 1. The van der Waals surface area contributed by atoms with Gasteiger partial charge in [0, 0.05) is 35.7 Å². The van der Waals surface area contributed by atoms with Gasteiger partial charge in [-0.3, -0.25) is 4.57 Å². The quantitative estimate of drug-likeness (QED) is 0.489. The Bertz CT molecular complexity index is 881. The Hall–Kier alpha value is -1.73. The molecule has 0 saturated carbocycles. The summed E-state index contributed by atoms with van der Waals surface area (Å²) < 4.78 is 29.2. The van der Waals surface area contributed by atoms with E-state index in [-0.39, 0.29) is 11.4 Å². The highest BCUT2D eigenvalue weighted by Crippen LogP contribution is 2.31. The molecule has 4 nitrogen and oxygen atoms in total. The van der Waals surface area contributed by atoms with Crippen LogP contribution in [0.2, 0.25) is 0 Å². The highest BCUT2D eigenvalue weighted by atomic mass is 32.2. The summed E-state index contributed by atoms with van der Waals surface area (Å²) in [6, 6.07) is 3.46. The first-order valence-electron chi connectivity index (χ1n) is 9.95. The van der Waals surface area contributed by atoms with E-state index < -0.39 is 11.6 Å². The summed E-state index contributed by atoms with van der Waals surface area (Å²) in [6.07, 6.45) is 3.87. The second-order valence-electron chi connectivity index (χ2n) is 7.03. The molecule has 0 aliphatic heterocycles. The lowest BCUT2D eigenvalue weighted by Crippen LogP contribution is -2.35. The average Bonchev–Trinajstić information content (AvgIpc) is 2.70. The van der Waals surface area contributed by atoms with E-state index >= 15 is 0 Å². The van der Waals surface area contributed by atoms with Crippen molar-refractivity contribution in [1.82, 2.24) is 14.5 Å². The van der Waals surface area contributed by atoms with Gasteiger partial charge in [0.15, 0.2) is 0 Å². The molecule has 1 aliphatic carbocycles. The molecule has 1 heterocycles. The lowest BCUT2D eigenvalue weighted by atomic mass is 9.97. The molecule has 0 radical (unpaired) electrons. The van der Waals surface area contributed by atoms with Crippen LogP contribution in [0, 0.1) is 11.6 Å². The van der Waals surface area contributed by atoms with Gasteiger partial charge in [0.25, 0.3) is 0 Å². The number of likely N-dealkylation sites (N-methyl/N-ethyl adjacent to an activating group) is 1. The van der Waals surface area contributed by atoms with Crippen molar-refractivity contribution >= 4 is 11.8 Å². The van der Waals surface area contributed by atoms with Crippen LogP contribution in [-0.2, 0) is 25.1 Å². The maximum atomic E-state index is 13.9. The normalized spacial score (nSPS) is 13.8. The Morgan fingerprint density at radius 2 is 1.93 bits per heavy atom. The molecule has 0 bridgehead atoms. The molecular formula is C21H27F2N3OS. The molecule has 3 rings (SSSR count). The van der Waals surface area contributed by atoms with Crippen molar-refractivity contribution < 1.29 is 8.78 Å². The molecule has 0 N–H and O–H groups in total. The molecule has 0 atom stereocenters. The largest absolute Gasteiger partial charge is 0.348 e. The molecule has 1 aromatic carbocycles. The summed E-state index contributed by atoms with van der Waals surface area (Å²) in [7, 11) is 0. The Morgan fingerprint density at radius 1 is 1.18 bits per heavy atom. The Balaban J connectivity index is 1.85. The molecule has 0 unspecified atom stereocenters. The summed E-state index contributed by atoms with van der Waals surface area (Å²) in [6.45, 7) is 7.60. The van der Waals surface area contributed by atoms with Crippen molar-refractivity contribution in [2.24, 2.45) is 0 Å². The van der Waals surface area contributed by atoms with Crippen LogP contribution in [0.15, 0.2) is 28.0 Å². The minimum absolute atomic E-state index is 0.241. The standard InChI is InChI=1S/C21H27F2N3OS/c1-3-25(4-2)11-12-26-19-8-6-5-7-17(19)20(24-21(26)27)28-14-15-13-16(22)9-10-18(15)23/h9-10,13H,3-8,11-12,14H2,1-2H3. The second-order valence-corrected chi connectivity index (χ2v) is 8.00. The van der Waals surface area contributed by atoms with Crippen molar-refractivity contribution in [1.29, 1.82) is 0 Å². The lowest BCUT2D eigenvalue weighted by Gasteiger charge is -2.25. The van der Waals surface area contributed by atoms with Gasteiger partial charge >= 0.3 is 5.69 Å². The molecule has 1 aromatic heterocycles. The van der Waals surface area contributed by atoms with Gasteiger partial charge in [-0.2, -0.15) is 4.98 Å². The summed E-state index contributed by atoms with van der Waals surface area (Å²) >= 11 is 1.33. The number of nitrogens with zero attached hydrogens (tertiary/aromatic N) is 3. The van der Waals surface area contributed by atoms with Gasteiger partial charge in [-0.25, -0.2) is 13.6 Å². The number of rotatable bonds is 8. The third kappa shape index (κ3) is 4.81. The minimum Gasteiger partial charge on any atom is -0.302 e. The van der Waals surface area contributed by atoms with Crippen LogP contribution in [0.3, 0.4) is 0 Å². The van der Waals surface area contributed by atoms with Gasteiger partial charge in [0.1, 0.15) is 16.7 Å². The Kier molecular flexibility index (Phi) is 7.24. The molecule has 152 valence electrons. The number of fused-ring (bicyclic) bond motifs is 1. The number of aromatic nitrogens is 2. The van der Waals surface area contributed by atoms with Crippen LogP contribution in [0.25, 0.3) is 0 Å². The molecule has 0 amide bonds. The van der Waals surface area contributed by atoms with E-state index in [1.807, 2.05) is 4.57 Å². The molecule has 28 heavy (non-hydrogen) atoms. The Morgan fingerprint density at radius 3 is 2.68 bits per heavy atom. The van der Waals surface area contributed by atoms with Crippen LogP contribution < -0.4 is 5.69 Å². The fourth-order valence-corrected chi connectivity index (χ4v) is 4.73. The minimum atomic E-state index is -0.459. The number of halogens is 2. The van der Waals surface area contributed by atoms with Gasteiger partial charge in [-0.15, -0.1) is 11.8 Å². The first-order valence-corrected chi connectivity index (χ1v) is 10.9. The molecular weight excluding hydrogens is 380 g/mol. The van der Waals surface area contributed by atoms with E-state index in [2.05, 4.69) is 23.7 Å². The molecule has 1 aliphatic rings. The van der Waals surface area contributed by atoms with Crippen LogP contribution in [0.5, 0.6) is 0 Å². The van der Waals surface area contributed by atoms with Gasteiger partial charge in [0.2, 0.25) is 0 Å². The van der Waals surface area contributed by atoms with Crippen LogP contribution in [0.1, 0.15) is 43.5 Å². The van der Waals surface area contributed by atoms with Gasteiger partial charge in [-0.05, 0) is 57.0 Å². The van der Waals surface area contributed by atoms with Crippen LogP contribution in [-0.4, -0.2) is 34.1 Å². The van der Waals surface area contributed by atoms with Gasteiger partial charge in [0.05, 0.1) is 0 Å². The fourth-order valence-electron chi connectivity index (χ4n) is 3.68. The van der Waals surface area contributed by atoms with Crippen LogP contribution in [0.4, 0.5) is 8.78 Å². The first kappa shape index (κ1) is 21.0. The highest BCUT2D eigenvalue weighted by molar-refractivity contribution is 7.98. The second kappa shape index (κ2) is 9.65. The highest BCUT2D eigenvalue weighted by Gasteiger charge is 2.21. The molecule has 0 spiro atoms. The van der Waals surface area contributed by atoms with Crippen molar-refractivity contribution in [3.05, 3.63) is 57.1 Å². The first-order chi connectivity index (χ1) is 13.5. The van der Waals surface area contributed by atoms with Crippen molar-refractivity contribution in [2.45, 2.75) is 56.9 Å². The van der Waals surface area contributed by atoms with E-state index in [1.165, 1.54) is 17.8 Å². The maximum absolute atomic E-state index is 13.9. The summed E-state index contributed by atoms with van der Waals surface area (Å²) in [5.74, 6) is -0.638. The fraction of sp³-hybridized carbons (Fsp3) is 0.524. The summed E-state index contributed by atoms with van der Waals surface area (Å²) in [5.41, 5.74) is 2.23. The van der Waals surface area contributed by atoms with Crippen molar-refractivity contribution in [3.63, 3.8) is 0 Å². The van der Waals surface area contributed by atoms with Gasteiger partial charge < -0.3 is 4.90 Å². The van der Waals surface area contributed by atoms with Crippen LogP contribution >= 0.6 is 11.8 Å². The molecule has 2 aromatic rings. The van der Waals surface area contributed by atoms with E-state index in [0.717, 1.165) is 68.7 Å². The molecule has 7 heteroatoms. The topological polar surface area (TPSA) is 38.1 Å². The third-order valence-corrected chi connectivity index (χ3v) is 6.42. The monoisotopic (exact) mass is 407 g/mol. The van der Waals surface area contributed by atoms with Crippen molar-refractivity contribution in [3.8, 4) is 0 Å².